The topological polar surface area (TPSA) is 131 Å². The number of aromatic nitrogens is 4. The number of benzene rings is 2. The van der Waals surface area contributed by atoms with Crippen molar-refractivity contribution in [2.75, 3.05) is 29.3 Å². The van der Waals surface area contributed by atoms with E-state index in [1.165, 1.54) is 12.1 Å². The largest absolute Gasteiger partial charge is 0.475 e. The standard InChI is InChI=1S/C35H39N7O4S/c1-22-7-5-8-23(2)32(22)29-15-31-39-34(38-29)40-47(44,45)28-10-6-9-25(14-28)33(43)42(26(19-46-31)13-24-11-12-24)18-30-36-16-27(17-37-30)41-20-35(3,4)21-41/h5-10,14-17,24,26H,11-13,18-21H2,1-4H3,(H,38,39,40)/t26-/m1/s1. The summed E-state index contributed by atoms with van der Waals surface area (Å²) in [5, 5.41) is 0. The fraction of sp³-hybridized carbons (Fsp3) is 0.400. The average molecular weight is 654 g/mol. The quantitative estimate of drug-likeness (QED) is 0.291. The Morgan fingerprint density at radius 2 is 1.68 bits per heavy atom. The minimum absolute atomic E-state index is 0.0668. The van der Waals surface area contributed by atoms with E-state index in [4.69, 9.17) is 4.74 Å². The fourth-order valence-corrected chi connectivity index (χ4v) is 7.51. The van der Waals surface area contributed by atoms with E-state index in [0.717, 1.165) is 54.7 Å². The number of hydrogen-bond acceptors (Lipinski definition) is 9. The lowest BCUT2D eigenvalue weighted by atomic mass is 9.84. The molecule has 3 aliphatic rings. The summed E-state index contributed by atoms with van der Waals surface area (Å²) < 4.78 is 36.1. The van der Waals surface area contributed by atoms with Crippen molar-refractivity contribution in [3.05, 3.63) is 83.4 Å². The molecule has 1 N–H and O–H groups in total. The highest BCUT2D eigenvalue weighted by Crippen LogP contribution is 2.37. The third-order valence-electron chi connectivity index (χ3n) is 9.09. The summed E-state index contributed by atoms with van der Waals surface area (Å²) >= 11 is 0. The molecule has 1 saturated carbocycles. The molecule has 2 aliphatic heterocycles. The second kappa shape index (κ2) is 11.9. The van der Waals surface area contributed by atoms with E-state index < -0.39 is 10.0 Å². The molecule has 12 heteroatoms. The lowest BCUT2D eigenvalue weighted by Gasteiger charge is -2.47. The molecule has 2 aromatic heterocycles. The number of carbonyl (C=O) groups excluding carboxylic acids is 1. The number of anilines is 2. The van der Waals surface area contributed by atoms with Gasteiger partial charge in [-0.15, -0.1) is 0 Å². The number of nitrogens with one attached hydrogen (secondary N) is 1. The Kier molecular flexibility index (Phi) is 7.86. The van der Waals surface area contributed by atoms with Gasteiger partial charge in [0, 0.05) is 30.3 Å². The number of hydrogen-bond donors (Lipinski definition) is 1. The summed E-state index contributed by atoms with van der Waals surface area (Å²) in [7, 11) is -4.15. The molecule has 0 unspecified atom stereocenters. The zero-order valence-corrected chi connectivity index (χ0v) is 27.9. The number of ether oxygens (including phenoxy) is 1. The van der Waals surface area contributed by atoms with Crippen molar-refractivity contribution in [3.63, 3.8) is 0 Å². The van der Waals surface area contributed by atoms with Crippen LogP contribution in [0.25, 0.3) is 11.3 Å². The van der Waals surface area contributed by atoms with Gasteiger partial charge in [0.05, 0.1) is 41.3 Å². The maximum atomic E-state index is 14.3. The SMILES string of the molecule is Cc1cccc(C)c1-c1cc2nc(n1)NS(=O)(=O)c1cccc(c1)C(=O)N(Cc1ncc(N3CC(C)(C)C3)cn1)[C@H](CC1CC1)CO2. The van der Waals surface area contributed by atoms with Crippen LogP contribution >= 0.6 is 0 Å². The maximum absolute atomic E-state index is 14.3. The molecule has 1 amide bonds. The summed E-state index contributed by atoms with van der Waals surface area (Å²) in [5.74, 6) is 0.756. The van der Waals surface area contributed by atoms with Crippen molar-refractivity contribution in [1.82, 2.24) is 24.8 Å². The zero-order chi connectivity index (χ0) is 32.9. The second-order valence-electron chi connectivity index (χ2n) is 13.8. The Hall–Kier alpha value is -4.58. The highest BCUT2D eigenvalue weighted by molar-refractivity contribution is 7.92. The zero-order valence-electron chi connectivity index (χ0n) is 27.1. The van der Waals surface area contributed by atoms with E-state index in [0.29, 0.717) is 17.4 Å². The minimum atomic E-state index is -4.15. The molecule has 4 bridgehead atoms. The number of sulfonamides is 1. The molecule has 1 atom stereocenters. The van der Waals surface area contributed by atoms with Gasteiger partial charge < -0.3 is 14.5 Å². The summed E-state index contributed by atoms with van der Waals surface area (Å²) in [6.45, 7) is 10.6. The molecule has 0 radical (unpaired) electrons. The molecule has 4 heterocycles. The lowest BCUT2D eigenvalue weighted by Crippen LogP contribution is -2.53. The number of nitrogens with zero attached hydrogens (tertiary/aromatic N) is 6. The number of rotatable bonds is 6. The smallest absolute Gasteiger partial charge is 0.264 e. The van der Waals surface area contributed by atoms with Crippen LogP contribution in [0.1, 0.15) is 60.4 Å². The van der Waals surface area contributed by atoms with Crippen LogP contribution in [0.15, 0.2) is 65.8 Å². The maximum Gasteiger partial charge on any atom is 0.264 e. The lowest BCUT2D eigenvalue weighted by molar-refractivity contribution is 0.0557. The first-order chi connectivity index (χ1) is 22.4. The van der Waals surface area contributed by atoms with Gasteiger partial charge in [-0.3, -0.25) is 4.79 Å². The fourth-order valence-electron chi connectivity index (χ4n) is 6.52. The molecule has 11 nitrogen and oxygen atoms in total. The van der Waals surface area contributed by atoms with E-state index in [1.54, 1.807) is 23.1 Å². The van der Waals surface area contributed by atoms with Crippen molar-refractivity contribution < 1.29 is 17.9 Å². The number of aryl methyl sites for hydroxylation is 2. The van der Waals surface area contributed by atoms with Crippen LogP contribution in [0, 0.1) is 25.2 Å². The molecule has 2 aromatic carbocycles. The number of carbonyl (C=O) groups is 1. The Morgan fingerprint density at radius 3 is 2.36 bits per heavy atom. The molecule has 47 heavy (non-hydrogen) atoms. The van der Waals surface area contributed by atoms with Crippen molar-refractivity contribution in [1.29, 1.82) is 0 Å². The van der Waals surface area contributed by atoms with Crippen LogP contribution in [0.4, 0.5) is 11.6 Å². The molecule has 2 fully saturated rings. The third kappa shape index (κ3) is 6.64. The first-order valence-corrected chi connectivity index (χ1v) is 17.5. The van der Waals surface area contributed by atoms with Gasteiger partial charge in [0.2, 0.25) is 11.8 Å². The van der Waals surface area contributed by atoms with E-state index in [-0.39, 0.29) is 52.8 Å². The molecule has 7 rings (SSSR count). The van der Waals surface area contributed by atoms with E-state index in [9.17, 15) is 13.2 Å². The molecule has 244 valence electrons. The van der Waals surface area contributed by atoms with Gasteiger partial charge in [0.25, 0.3) is 15.9 Å². The van der Waals surface area contributed by atoms with Gasteiger partial charge in [-0.25, -0.2) is 28.1 Å². The van der Waals surface area contributed by atoms with Gasteiger partial charge in [0.1, 0.15) is 12.4 Å². The highest BCUT2D eigenvalue weighted by Gasteiger charge is 2.36. The van der Waals surface area contributed by atoms with E-state index >= 15 is 0 Å². The summed E-state index contributed by atoms with van der Waals surface area (Å²) in [6.07, 6.45) is 6.52. The summed E-state index contributed by atoms with van der Waals surface area (Å²) in [5.41, 5.74) is 4.85. The second-order valence-corrected chi connectivity index (χ2v) is 15.5. The van der Waals surface area contributed by atoms with E-state index in [2.05, 4.69) is 43.4 Å². The number of fused-ring (bicyclic) bond motifs is 4. The molecular formula is C35H39N7O4S. The van der Waals surface area contributed by atoms with Gasteiger partial charge in [-0.05, 0) is 60.9 Å². The highest BCUT2D eigenvalue weighted by atomic mass is 32.2. The first kappa shape index (κ1) is 31.0. The van der Waals surface area contributed by atoms with Crippen molar-refractivity contribution >= 4 is 27.6 Å². The van der Waals surface area contributed by atoms with Gasteiger partial charge in [0.15, 0.2) is 0 Å². The van der Waals surface area contributed by atoms with Crippen molar-refractivity contribution in [2.24, 2.45) is 11.3 Å². The Labute approximate surface area is 275 Å². The Morgan fingerprint density at radius 1 is 0.979 bits per heavy atom. The van der Waals surface area contributed by atoms with Crippen molar-refractivity contribution in [2.45, 2.75) is 64.4 Å². The van der Waals surface area contributed by atoms with Gasteiger partial charge in [-0.1, -0.05) is 51.0 Å². The predicted octanol–water partition coefficient (Wildman–Crippen LogP) is 5.40. The van der Waals surface area contributed by atoms with Crippen LogP contribution in [0.3, 0.4) is 0 Å². The molecule has 1 aliphatic carbocycles. The summed E-state index contributed by atoms with van der Waals surface area (Å²) in [4.78, 5) is 36.6. The predicted molar refractivity (Wildman–Crippen MR) is 179 cm³/mol. The van der Waals surface area contributed by atoms with Crippen molar-refractivity contribution in [3.8, 4) is 17.1 Å². The minimum Gasteiger partial charge on any atom is -0.475 e. The normalized spacial score (nSPS) is 20.2. The molecule has 1 saturated heterocycles. The Bertz CT molecular complexity index is 1920. The van der Waals surface area contributed by atoms with Crippen LogP contribution in [-0.2, 0) is 16.6 Å². The molecule has 4 aromatic rings. The number of amides is 1. The van der Waals surface area contributed by atoms with Crippen LogP contribution in [0.2, 0.25) is 0 Å². The molecular weight excluding hydrogens is 614 g/mol. The monoisotopic (exact) mass is 653 g/mol. The summed E-state index contributed by atoms with van der Waals surface area (Å²) in [6, 6.07) is 13.4. The average Bonchev–Trinajstić information content (AvgIpc) is 3.84. The van der Waals surface area contributed by atoms with E-state index in [1.807, 2.05) is 44.4 Å². The van der Waals surface area contributed by atoms with Gasteiger partial charge >= 0.3 is 0 Å². The third-order valence-corrected chi connectivity index (χ3v) is 10.4. The molecule has 0 spiro atoms. The van der Waals surface area contributed by atoms with Crippen LogP contribution in [0.5, 0.6) is 5.88 Å². The van der Waals surface area contributed by atoms with Crippen LogP contribution in [-0.4, -0.2) is 64.9 Å². The Balaban J connectivity index is 1.28. The van der Waals surface area contributed by atoms with Crippen LogP contribution < -0.4 is 14.4 Å². The first-order valence-electron chi connectivity index (χ1n) is 16.0. The van der Waals surface area contributed by atoms with Gasteiger partial charge in [-0.2, -0.15) is 4.98 Å².